The van der Waals surface area contributed by atoms with Gasteiger partial charge in [0, 0.05) is 12.7 Å². The maximum absolute atomic E-state index is 14.4. The van der Waals surface area contributed by atoms with Crippen molar-refractivity contribution < 1.29 is 52.3 Å². The number of nitrogens with zero attached hydrogens (tertiary/aromatic N) is 4. The van der Waals surface area contributed by atoms with Crippen molar-refractivity contribution >= 4 is 17.8 Å². The lowest BCUT2D eigenvalue weighted by Gasteiger charge is -2.37. The van der Waals surface area contributed by atoms with Gasteiger partial charge in [-0.2, -0.15) is 0 Å². The van der Waals surface area contributed by atoms with Crippen molar-refractivity contribution in [1.82, 2.24) is 19.9 Å². The Bertz CT molecular complexity index is 1910. The first-order chi connectivity index (χ1) is 27.7. The number of piperidine rings is 1. The number of carbonyl (C=O) groups is 3. The lowest BCUT2D eigenvalue weighted by atomic mass is 9.91. The van der Waals surface area contributed by atoms with E-state index >= 15 is 0 Å². The number of esters is 2. The van der Waals surface area contributed by atoms with Crippen LogP contribution in [0.3, 0.4) is 0 Å². The highest BCUT2D eigenvalue weighted by atomic mass is 16.6. The van der Waals surface area contributed by atoms with Crippen molar-refractivity contribution in [1.29, 1.82) is 0 Å². The van der Waals surface area contributed by atoms with Crippen molar-refractivity contribution in [2.75, 3.05) is 55.3 Å². The monoisotopic (exact) mass is 788 g/mol. The number of aromatic nitrogens is 3. The lowest BCUT2D eigenvalue weighted by molar-refractivity contribution is -0.162. The van der Waals surface area contributed by atoms with E-state index in [2.05, 4.69) is 10.3 Å². The topological polar surface area (TPSA) is 159 Å². The van der Waals surface area contributed by atoms with E-state index in [1.807, 2.05) is 31.2 Å². The molecule has 2 heterocycles. The van der Waals surface area contributed by atoms with Gasteiger partial charge in [-0.1, -0.05) is 30.3 Å². The number of likely N-dealkylation sites (tertiary alicyclic amines) is 1. The van der Waals surface area contributed by atoms with Crippen LogP contribution >= 0.6 is 0 Å². The number of amides is 1. The summed E-state index contributed by atoms with van der Waals surface area (Å²) in [5, 5.41) is 7.59. The minimum absolute atomic E-state index is 0.113. The Hall–Kier alpha value is -5.99. The minimum Gasteiger partial charge on any atom is -0.493 e. The fourth-order valence-corrected chi connectivity index (χ4v) is 6.94. The Kier molecular flexibility index (Phi) is 15.4. The van der Waals surface area contributed by atoms with Gasteiger partial charge in [-0.05, 0) is 91.6 Å². The molecule has 0 saturated carbocycles. The molecule has 0 bridgehead atoms. The number of ether oxygens (including phenoxy) is 8. The minimum atomic E-state index is -0.794. The SMILES string of the molecule is CC[C@H](C(=O)N1CCCC[C@H]1C(=O)O[C@H](CCc1ccc(OC)c(OC)c1)c1cccc(OCC(=O)OCCn2ccnn2)c1)c1cc(OC)c(OC)c(OC)c1. The number of carbonyl (C=O) groups excluding carboxylic acids is 3. The van der Waals surface area contributed by atoms with Gasteiger partial charge >= 0.3 is 11.9 Å². The molecule has 0 spiro atoms. The Morgan fingerprint density at radius 2 is 1.60 bits per heavy atom. The van der Waals surface area contributed by atoms with Crippen LogP contribution in [0, 0.1) is 0 Å². The summed E-state index contributed by atoms with van der Waals surface area (Å²) in [4.78, 5) is 42.8. The Morgan fingerprint density at radius 1 is 0.842 bits per heavy atom. The summed E-state index contributed by atoms with van der Waals surface area (Å²) in [5.41, 5.74) is 2.30. The fourth-order valence-electron chi connectivity index (χ4n) is 6.94. The summed E-state index contributed by atoms with van der Waals surface area (Å²) in [6.07, 6.45) is 5.88. The number of benzene rings is 3. The summed E-state index contributed by atoms with van der Waals surface area (Å²) in [6.45, 7) is 2.50. The predicted octanol–water partition coefficient (Wildman–Crippen LogP) is 5.74. The van der Waals surface area contributed by atoms with Gasteiger partial charge in [0.25, 0.3) is 0 Å². The van der Waals surface area contributed by atoms with Crippen molar-refractivity contribution in [2.45, 2.75) is 70.1 Å². The molecule has 1 aliphatic rings. The second-order valence-electron chi connectivity index (χ2n) is 13.4. The maximum Gasteiger partial charge on any atom is 0.344 e. The van der Waals surface area contributed by atoms with E-state index in [9.17, 15) is 14.4 Å². The molecule has 1 fully saturated rings. The molecular weight excluding hydrogens is 736 g/mol. The lowest BCUT2D eigenvalue weighted by Crippen LogP contribution is -2.50. The molecule has 57 heavy (non-hydrogen) atoms. The Morgan fingerprint density at radius 3 is 2.26 bits per heavy atom. The largest absolute Gasteiger partial charge is 0.493 e. The molecule has 0 N–H and O–H groups in total. The van der Waals surface area contributed by atoms with Crippen LogP contribution in [0.2, 0.25) is 0 Å². The highest BCUT2D eigenvalue weighted by molar-refractivity contribution is 5.89. The van der Waals surface area contributed by atoms with E-state index in [0.717, 1.165) is 18.4 Å². The van der Waals surface area contributed by atoms with Crippen LogP contribution in [-0.2, 0) is 36.8 Å². The zero-order chi connectivity index (χ0) is 40.7. The standard InChI is InChI=1S/C42H52N4O11/c1-7-32(30-25-37(52-4)40(54-6)38(26-30)53-5)41(48)46-19-9-8-13-33(46)42(49)57-34(16-14-28-15-17-35(50-2)36(23-28)51-3)29-11-10-12-31(24-29)56-27-39(47)55-22-21-45-20-18-43-44-45/h10-12,15,17-18,20,23-26,32-34H,7-9,13-14,16,19,21-22,27H2,1-6H3/t32-,33-,34+/m0/s1. The van der Waals surface area contributed by atoms with E-state index in [1.165, 1.54) is 21.3 Å². The van der Waals surface area contributed by atoms with E-state index < -0.39 is 30.0 Å². The van der Waals surface area contributed by atoms with E-state index in [-0.39, 0.29) is 19.1 Å². The summed E-state index contributed by atoms with van der Waals surface area (Å²) < 4.78 is 46.6. The summed E-state index contributed by atoms with van der Waals surface area (Å²) in [7, 11) is 7.74. The third-order valence-corrected chi connectivity index (χ3v) is 9.90. The van der Waals surface area contributed by atoms with Gasteiger partial charge in [0.2, 0.25) is 11.7 Å². The first-order valence-electron chi connectivity index (χ1n) is 19.0. The number of rotatable bonds is 20. The van der Waals surface area contributed by atoms with Crippen LogP contribution in [0.4, 0.5) is 0 Å². The molecule has 3 atom stereocenters. The summed E-state index contributed by atoms with van der Waals surface area (Å²) in [5.74, 6) is 1.10. The predicted molar refractivity (Wildman–Crippen MR) is 208 cm³/mol. The van der Waals surface area contributed by atoms with Gasteiger partial charge < -0.3 is 42.8 Å². The number of aryl methyl sites for hydroxylation is 1. The third-order valence-electron chi connectivity index (χ3n) is 9.90. The van der Waals surface area contributed by atoms with E-state index in [0.29, 0.717) is 84.4 Å². The molecule has 306 valence electrons. The second-order valence-corrected chi connectivity index (χ2v) is 13.4. The van der Waals surface area contributed by atoms with Crippen LogP contribution in [0.15, 0.2) is 67.0 Å². The molecule has 5 rings (SSSR count). The normalized spacial score (nSPS) is 14.8. The highest BCUT2D eigenvalue weighted by Gasteiger charge is 2.38. The quantitative estimate of drug-likeness (QED) is 0.100. The third kappa shape index (κ3) is 10.9. The zero-order valence-electron chi connectivity index (χ0n) is 33.4. The van der Waals surface area contributed by atoms with Gasteiger partial charge in [0.1, 0.15) is 24.5 Å². The smallest absolute Gasteiger partial charge is 0.344 e. The molecule has 1 aromatic heterocycles. The van der Waals surface area contributed by atoms with E-state index in [4.69, 9.17) is 37.9 Å². The summed E-state index contributed by atoms with van der Waals surface area (Å²) in [6, 6.07) is 15.5. The number of hydrogen-bond acceptors (Lipinski definition) is 13. The molecule has 15 heteroatoms. The summed E-state index contributed by atoms with van der Waals surface area (Å²) >= 11 is 0. The van der Waals surface area contributed by atoms with Gasteiger partial charge in [0.15, 0.2) is 29.6 Å². The molecule has 0 radical (unpaired) electrons. The average Bonchev–Trinajstić information content (AvgIpc) is 3.77. The first kappa shape index (κ1) is 42.2. The second kappa shape index (κ2) is 20.8. The van der Waals surface area contributed by atoms with Gasteiger partial charge in [-0.25, -0.2) is 14.3 Å². The molecule has 0 unspecified atom stereocenters. The van der Waals surface area contributed by atoms with Crippen molar-refractivity contribution in [3.8, 4) is 34.5 Å². The zero-order valence-corrected chi connectivity index (χ0v) is 33.4. The van der Waals surface area contributed by atoms with Crippen LogP contribution in [0.5, 0.6) is 34.5 Å². The van der Waals surface area contributed by atoms with Gasteiger partial charge in [0.05, 0.1) is 54.2 Å². The van der Waals surface area contributed by atoms with Crippen molar-refractivity contribution in [3.05, 3.63) is 83.7 Å². The molecule has 1 amide bonds. The van der Waals surface area contributed by atoms with Crippen LogP contribution in [0.1, 0.15) is 67.7 Å². The van der Waals surface area contributed by atoms with Crippen molar-refractivity contribution in [2.24, 2.45) is 0 Å². The molecule has 1 aliphatic heterocycles. The Balaban J connectivity index is 1.35. The molecule has 1 saturated heterocycles. The Labute approximate surface area is 333 Å². The average molecular weight is 789 g/mol. The van der Waals surface area contributed by atoms with Crippen LogP contribution in [-0.4, -0.2) is 99.1 Å². The van der Waals surface area contributed by atoms with Crippen molar-refractivity contribution in [3.63, 3.8) is 0 Å². The van der Waals surface area contributed by atoms with Crippen LogP contribution < -0.4 is 28.4 Å². The number of methoxy groups -OCH3 is 5. The maximum atomic E-state index is 14.4. The highest BCUT2D eigenvalue weighted by Crippen LogP contribution is 2.41. The van der Waals surface area contributed by atoms with Gasteiger partial charge in [-0.3, -0.25) is 4.79 Å². The van der Waals surface area contributed by atoms with Crippen LogP contribution in [0.25, 0.3) is 0 Å². The van der Waals surface area contributed by atoms with E-state index in [1.54, 1.807) is 66.5 Å². The van der Waals surface area contributed by atoms with Gasteiger partial charge in [-0.15, -0.1) is 5.10 Å². The number of hydrogen-bond donors (Lipinski definition) is 0. The fraction of sp³-hybridized carbons (Fsp3) is 0.452. The molecule has 0 aliphatic carbocycles. The molecular formula is C42H52N4O11. The first-order valence-corrected chi connectivity index (χ1v) is 19.0. The molecule has 15 nitrogen and oxygen atoms in total. The molecule has 4 aromatic rings. The molecule has 3 aromatic carbocycles.